The lowest BCUT2D eigenvalue weighted by Gasteiger charge is -2.17. The minimum Gasteiger partial charge on any atom is -0.497 e. The molecule has 0 aliphatic rings. The Bertz CT molecular complexity index is 1450. The summed E-state index contributed by atoms with van der Waals surface area (Å²) in [6, 6.07) is 19.4. The summed E-state index contributed by atoms with van der Waals surface area (Å²) in [4.78, 5) is 23.9. The fraction of sp³-hybridized carbons (Fsp3) is 0.179. The fourth-order valence-corrected chi connectivity index (χ4v) is 4.74. The second kappa shape index (κ2) is 10.2. The topological polar surface area (TPSA) is 87.9 Å². The first-order valence-electron chi connectivity index (χ1n) is 11.2. The van der Waals surface area contributed by atoms with Gasteiger partial charge >= 0.3 is 5.97 Å². The van der Waals surface area contributed by atoms with E-state index in [1.165, 1.54) is 23.5 Å². The van der Waals surface area contributed by atoms with Crippen molar-refractivity contribution in [1.29, 1.82) is 0 Å². The lowest BCUT2D eigenvalue weighted by molar-refractivity contribution is -0.384. The summed E-state index contributed by atoms with van der Waals surface area (Å²) >= 11 is 1.40. The van der Waals surface area contributed by atoms with E-state index in [1.54, 1.807) is 43.5 Å². The first-order chi connectivity index (χ1) is 17.1. The molecule has 8 heteroatoms. The molecule has 4 aromatic rings. The molecular formula is C28H25NO6S. The molecule has 0 aliphatic carbocycles. The third-order valence-corrected chi connectivity index (χ3v) is 6.28. The highest BCUT2D eigenvalue weighted by Gasteiger charge is 2.23. The van der Waals surface area contributed by atoms with Gasteiger partial charge in [-0.2, -0.15) is 0 Å². The van der Waals surface area contributed by atoms with Crippen LogP contribution in [0.1, 0.15) is 26.3 Å². The molecule has 3 aromatic carbocycles. The van der Waals surface area contributed by atoms with Crippen molar-refractivity contribution in [3.8, 4) is 27.7 Å². The van der Waals surface area contributed by atoms with E-state index >= 15 is 0 Å². The van der Waals surface area contributed by atoms with Crippen LogP contribution in [-0.2, 0) is 9.53 Å². The zero-order valence-electron chi connectivity index (χ0n) is 20.3. The number of nitro groups is 1. The number of thiophene rings is 1. The third kappa shape index (κ3) is 5.72. The molecule has 184 valence electrons. The Morgan fingerprint density at radius 2 is 1.69 bits per heavy atom. The predicted octanol–water partition coefficient (Wildman–Crippen LogP) is 7.63. The molecule has 0 aliphatic heterocycles. The second-order valence-corrected chi connectivity index (χ2v) is 9.99. The van der Waals surface area contributed by atoms with Crippen molar-refractivity contribution in [2.75, 3.05) is 7.11 Å². The summed E-state index contributed by atoms with van der Waals surface area (Å²) < 4.78 is 17.8. The molecule has 1 heterocycles. The van der Waals surface area contributed by atoms with E-state index < -0.39 is 16.5 Å². The SMILES string of the molecule is COc1ccc2c(Oc3ccc(C=CC(=O)OC(C)(C)C)cc3)c(-c3ccccc3[N+](=O)[O-])sc2c1. The molecule has 0 spiro atoms. The number of hydrogen-bond acceptors (Lipinski definition) is 7. The van der Waals surface area contributed by atoms with E-state index in [0.717, 1.165) is 15.6 Å². The summed E-state index contributed by atoms with van der Waals surface area (Å²) in [7, 11) is 1.59. The highest BCUT2D eigenvalue weighted by molar-refractivity contribution is 7.22. The summed E-state index contributed by atoms with van der Waals surface area (Å²) in [5.41, 5.74) is 0.725. The molecule has 4 rings (SSSR count). The Hall–Kier alpha value is -4.17. The monoisotopic (exact) mass is 503 g/mol. The van der Waals surface area contributed by atoms with Crippen molar-refractivity contribution >= 4 is 39.2 Å². The smallest absolute Gasteiger partial charge is 0.331 e. The molecule has 0 saturated carbocycles. The van der Waals surface area contributed by atoms with Crippen molar-refractivity contribution in [2.24, 2.45) is 0 Å². The number of fused-ring (bicyclic) bond motifs is 1. The van der Waals surface area contributed by atoms with Crippen molar-refractivity contribution in [2.45, 2.75) is 26.4 Å². The number of benzene rings is 3. The first kappa shape index (κ1) is 24.9. The van der Waals surface area contributed by atoms with Crippen LogP contribution in [0.5, 0.6) is 17.2 Å². The highest BCUT2D eigenvalue weighted by atomic mass is 32.1. The molecule has 0 bridgehead atoms. The van der Waals surface area contributed by atoms with E-state index in [2.05, 4.69) is 0 Å². The average molecular weight is 504 g/mol. The Morgan fingerprint density at radius 3 is 2.36 bits per heavy atom. The van der Waals surface area contributed by atoms with Crippen molar-refractivity contribution < 1.29 is 23.9 Å². The number of methoxy groups -OCH3 is 1. The van der Waals surface area contributed by atoms with Crippen LogP contribution >= 0.6 is 11.3 Å². The Balaban J connectivity index is 1.69. The van der Waals surface area contributed by atoms with Crippen LogP contribution in [0.25, 0.3) is 26.6 Å². The van der Waals surface area contributed by atoms with E-state index in [9.17, 15) is 14.9 Å². The summed E-state index contributed by atoms with van der Waals surface area (Å²) in [6.07, 6.45) is 3.05. The van der Waals surface area contributed by atoms with Crippen LogP contribution in [0.15, 0.2) is 72.8 Å². The van der Waals surface area contributed by atoms with E-state index in [4.69, 9.17) is 14.2 Å². The van der Waals surface area contributed by atoms with Crippen LogP contribution in [-0.4, -0.2) is 23.6 Å². The van der Waals surface area contributed by atoms with Gasteiger partial charge in [0, 0.05) is 22.2 Å². The van der Waals surface area contributed by atoms with Gasteiger partial charge in [-0.05, 0) is 68.8 Å². The number of carbonyl (C=O) groups excluding carboxylic acids is 1. The Morgan fingerprint density at radius 1 is 1.00 bits per heavy atom. The van der Waals surface area contributed by atoms with Crippen molar-refractivity contribution in [1.82, 2.24) is 0 Å². The number of para-hydroxylation sites is 1. The molecule has 0 fully saturated rings. The average Bonchev–Trinajstić information content (AvgIpc) is 3.19. The standard InChI is InChI=1S/C28H25NO6S/c1-28(2,3)35-25(30)16-11-18-9-12-19(13-10-18)34-26-22-15-14-20(33-4)17-24(22)36-27(26)21-7-5-6-8-23(21)29(31)32/h5-17H,1-4H3. The summed E-state index contributed by atoms with van der Waals surface area (Å²) in [5, 5.41) is 12.5. The second-order valence-electron chi connectivity index (χ2n) is 8.93. The van der Waals surface area contributed by atoms with Crippen molar-refractivity contribution in [3.05, 3.63) is 88.5 Å². The number of hydrogen-bond donors (Lipinski definition) is 0. The quantitative estimate of drug-likeness (QED) is 0.111. The zero-order valence-corrected chi connectivity index (χ0v) is 21.1. The predicted molar refractivity (Wildman–Crippen MR) is 142 cm³/mol. The molecular weight excluding hydrogens is 478 g/mol. The number of nitrogens with zero attached hydrogens (tertiary/aromatic N) is 1. The van der Waals surface area contributed by atoms with Crippen LogP contribution in [0.2, 0.25) is 0 Å². The Kier molecular flexibility index (Phi) is 7.07. The van der Waals surface area contributed by atoms with Crippen LogP contribution in [0.3, 0.4) is 0 Å². The maximum Gasteiger partial charge on any atom is 0.331 e. The molecule has 0 radical (unpaired) electrons. The molecule has 1 aromatic heterocycles. The van der Waals surface area contributed by atoms with E-state index in [0.29, 0.717) is 27.7 Å². The molecule has 7 nitrogen and oxygen atoms in total. The fourth-order valence-electron chi connectivity index (χ4n) is 3.55. The van der Waals surface area contributed by atoms with E-state index in [-0.39, 0.29) is 5.69 Å². The van der Waals surface area contributed by atoms with Gasteiger partial charge in [0.15, 0.2) is 5.75 Å². The van der Waals surface area contributed by atoms with Crippen LogP contribution in [0, 0.1) is 10.1 Å². The minimum absolute atomic E-state index is 0.00324. The van der Waals surface area contributed by atoms with Gasteiger partial charge in [0.25, 0.3) is 5.69 Å². The minimum atomic E-state index is -0.558. The molecule has 0 N–H and O–H groups in total. The lowest BCUT2D eigenvalue weighted by Crippen LogP contribution is -2.22. The van der Waals surface area contributed by atoms with Crippen LogP contribution in [0.4, 0.5) is 5.69 Å². The van der Waals surface area contributed by atoms with Gasteiger partial charge in [-0.1, -0.05) is 24.3 Å². The maximum absolute atomic E-state index is 11.9. The zero-order chi connectivity index (χ0) is 25.9. The Labute approximate surface area is 212 Å². The van der Waals surface area contributed by atoms with Gasteiger partial charge < -0.3 is 14.2 Å². The van der Waals surface area contributed by atoms with Gasteiger partial charge in [-0.25, -0.2) is 4.79 Å². The highest BCUT2D eigenvalue weighted by Crippen LogP contribution is 2.49. The van der Waals surface area contributed by atoms with Crippen LogP contribution < -0.4 is 9.47 Å². The van der Waals surface area contributed by atoms with Gasteiger partial charge in [-0.3, -0.25) is 10.1 Å². The van der Waals surface area contributed by atoms with E-state index in [1.807, 2.05) is 51.1 Å². The normalized spacial score (nSPS) is 11.6. The number of esters is 1. The van der Waals surface area contributed by atoms with Gasteiger partial charge in [0.2, 0.25) is 0 Å². The number of nitro benzene ring substituents is 1. The largest absolute Gasteiger partial charge is 0.497 e. The van der Waals surface area contributed by atoms with Gasteiger partial charge in [-0.15, -0.1) is 11.3 Å². The van der Waals surface area contributed by atoms with Crippen molar-refractivity contribution in [3.63, 3.8) is 0 Å². The molecule has 0 saturated heterocycles. The molecule has 0 unspecified atom stereocenters. The molecule has 36 heavy (non-hydrogen) atoms. The van der Waals surface area contributed by atoms with Gasteiger partial charge in [0.05, 0.1) is 22.5 Å². The third-order valence-electron chi connectivity index (χ3n) is 5.12. The number of rotatable bonds is 7. The first-order valence-corrected chi connectivity index (χ1v) is 12.0. The molecule has 0 amide bonds. The lowest BCUT2D eigenvalue weighted by atomic mass is 10.1. The van der Waals surface area contributed by atoms with Gasteiger partial charge in [0.1, 0.15) is 17.1 Å². The number of carbonyl (C=O) groups is 1. The molecule has 0 atom stereocenters. The summed E-state index contributed by atoms with van der Waals surface area (Å²) in [6.45, 7) is 5.44. The summed E-state index contributed by atoms with van der Waals surface area (Å²) in [5.74, 6) is 1.35. The number of ether oxygens (including phenoxy) is 3. The maximum atomic E-state index is 11.9.